The summed E-state index contributed by atoms with van der Waals surface area (Å²) >= 11 is 0. The van der Waals surface area contributed by atoms with Crippen LogP contribution in [0.3, 0.4) is 0 Å². The number of benzene rings is 1. The van der Waals surface area contributed by atoms with E-state index in [-0.39, 0.29) is 11.4 Å². The summed E-state index contributed by atoms with van der Waals surface area (Å²) in [7, 11) is -3.30. The first kappa shape index (κ1) is 16.1. The van der Waals surface area contributed by atoms with Gasteiger partial charge in [-0.25, -0.2) is 0 Å². The number of ether oxygens (including phenoxy) is 1. The molecular formula is C7H11N3O7S. The van der Waals surface area contributed by atoms with Crippen molar-refractivity contribution in [3.8, 4) is 5.75 Å². The molecule has 0 amide bonds. The van der Waals surface area contributed by atoms with Gasteiger partial charge in [-0.05, 0) is 6.07 Å². The van der Waals surface area contributed by atoms with Crippen LogP contribution in [0.5, 0.6) is 5.75 Å². The molecule has 1 rings (SSSR count). The van der Waals surface area contributed by atoms with Crippen molar-refractivity contribution < 1.29 is 27.2 Å². The zero-order valence-corrected chi connectivity index (χ0v) is 9.92. The minimum absolute atomic E-state index is 0.0819. The Kier molecular flexibility index (Phi) is 5.98. The Morgan fingerprint density at radius 2 is 1.94 bits per heavy atom. The van der Waals surface area contributed by atoms with E-state index in [1.807, 2.05) is 0 Å². The summed E-state index contributed by atoms with van der Waals surface area (Å²) in [6, 6.07) is 4.28. The van der Waals surface area contributed by atoms with Crippen molar-refractivity contribution in [1.82, 2.24) is 0 Å². The summed E-state index contributed by atoms with van der Waals surface area (Å²) in [6.07, 6.45) is 0. The van der Waals surface area contributed by atoms with Crippen molar-refractivity contribution in [1.29, 1.82) is 0 Å². The number of rotatable bonds is 3. The van der Waals surface area contributed by atoms with E-state index in [9.17, 15) is 10.1 Å². The maximum atomic E-state index is 10.5. The number of nitrogens with one attached hydrogen (secondary N) is 1. The molecule has 0 saturated heterocycles. The van der Waals surface area contributed by atoms with Crippen molar-refractivity contribution in [2.24, 2.45) is 5.84 Å². The molecule has 1 aromatic rings. The van der Waals surface area contributed by atoms with E-state index in [1.165, 1.54) is 25.3 Å². The van der Waals surface area contributed by atoms with Crippen molar-refractivity contribution in [3.05, 3.63) is 28.3 Å². The Morgan fingerprint density at radius 1 is 1.44 bits per heavy atom. The fourth-order valence-corrected chi connectivity index (χ4v) is 0.918. The highest BCUT2D eigenvalue weighted by Crippen LogP contribution is 2.28. The molecule has 5 N–H and O–H groups in total. The Labute approximate surface area is 102 Å². The van der Waals surface area contributed by atoms with Gasteiger partial charge in [0.2, 0.25) is 0 Å². The summed E-state index contributed by atoms with van der Waals surface area (Å²) in [4.78, 5) is 9.94. The summed E-state index contributed by atoms with van der Waals surface area (Å²) in [6.45, 7) is 0. The molecule has 1 aromatic carbocycles. The van der Waals surface area contributed by atoms with Crippen molar-refractivity contribution in [3.63, 3.8) is 0 Å². The van der Waals surface area contributed by atoms with E-state index < -0.39 is 15.3 Å². The Hall–Kier alpha value is -1.95. The van der Waals surface area contributed by atoms with Crippen LogP contribution in [0.1, 0.15) is 0 Å². The first-order valence-corrected chi connectivity index (χ1v) is 5.57. The third-order valence-corrected chi connectivity index (χ3v) is 1.54. The number of nitrogens with two attached hydrogens (primary N) is 1. The van der Waals surface area contributed by atoms with Crippen molar-refractivity contribution in [2.45, 2.75) is 0 Å². The zero-order chi connectivity index (χ0) is 14.3. The van der Waals surface area contributed by atoms with Gasteiger partial charge >= 0.3 is 16.1 Å². The molecule has 0 bridgehead atoms. The highest BCUT2D eigenvalue weighted by molar-refractivity contribution is 7.79. The smallest absolute Gasteiger partial charge is 0.394 e. The van der Waals surface area contributed by atoms with Crippen molar-refractivity contribution >= 4 is 21.8 Å². The molecule has 0 unspecified atom stereocenters. The highest BCUT2D eigenvalue weighted by atomic mass is 32.3. The number of hydrogen-bond acceptors (Lipinski definition) is 7. The van der Waals surface area contributed by atoms with Gasteiger partial charge in [0.15, 0.2) is 5.75 Å². The van der Waals surface area contributed by atoms with Crippen LogP contribution in [0.25, 0.3) is 0 Å². The molecule has 102 valence electrons. The van der Waals surface area contributed by atoms with Gasteiger partial charge in [-0.3, -0.25) is 25.1 Å². The van der Waals surface area contributed by atoms with E-state index in [1.54, 1.807) is 0 Å². The normalized spacial score (nSPS) is 10.0. The second kappa shape index (κ2) is 6.70. The van der Waals surface area contributed by atoms with Gasteiger partial charge in [-0.15, -0.1) is 0 Å². The summed E-state index contributed by atoms with van der Waals surface area (Å²) in [5, 5.41) is 10.5. The lowest BCUT2D eigenvalue weighted by Gasteiger charge is -2.03. The Morgan fingerprint density at radius 3 is 2.28 bits per heavy atom. The first-order chi connectivity index (χ1) is 8.19. The molecule has 0 spiro atoms. The number of hydrogen-bond donors (Lipinski definition) is 4. The molecule has 11 heteroatoms. The lowest BCUT2D eigenvalue weighted by molar-refractivity contribution is -0.385. The van der Waals surface area contributed by atoms with Crippen LogP contribution in [0.2, 0.25) is 0 Å². The van der Waals surface area contributed by atoms with Crippen LogP contribution in [-0.2, 0) is 10.4 Å². The van der Waals surface area contributed by atoms with E-state index in [0.29, 0.717) is 5.69 Å². The van der Waals surface area contributed by atoms with E-state index in [4.69, 9.17) is 28.1 Å². The van der Waals surface area contributed by atoms with Gasteiger partial charge < -0.3 is 10.2 Å². The molecule has 0 saturated carbocycles. The largest absolute Gasteiger partial charge is 0.490 e. The highest BCUT2D eigenvalue weighted by Gasteiger charge is 2.13. The van der Waals surface area contributed by atoms with Crippen LogP contribution in [0.4, 0.5) is 11.4 Å². The molecule has 0 atom stereocenters. The molecular weight excluding hydrogens is 270 g/mol. The Bertz CT molecular complexity index is 508. The second-order valence-electron chi connectivity index (χ2n) is 2.74. The topological polar surface area (TPSA) is 165 Å². The lowest BCUT2D eigenvalue weighted by atomic mass is 10.2. The van der Waals surface area contributed by atoms with Crippen LogP contribution in [0, 0.1) is 10.1 Å². The average Bonchev–Trinajstić information content (AvgIpc) is 2.25. The molecule has 0 aliphatic carbocycles. The van der Waals surface area contributed by atoms with Gasteiger partial charge in [0, 0.05) is 12.1 Å². The zero-order valence-electron chi connectivity index (χ0n) is 9.10. The first-order valence-electron chi connectivity index (χ1n) is 4.18. The summed E-state index contributed by atoms with van der Waals surface area (Å²) < 4.78 is 36.4. The molecule has 0 heterocycles. The summed E-state index contributed by atoms with van der Waals surface area (Å²) in [5.74, 6) is 5.31. The maximum Gasteiger partial charge on any atom is 0.394 e. The fraction of sp³-hybridized carbons (Fsp3) is 0.143. The van der Waals surface area contributed by atoms with Crippen molar-refractivity contribution in [2.75, 3.05) is 12.5 Å². The SMILES string of the molecule is COc1cc(NN)ccc1[N+](=O)[O-].O=S(=O)(O)O. The second-order valence-corrected chi connectivity index (χ2v) is 3.63. The molecule has 0 fully saturated rings. The minimum Gasteiger partial charge on any atom is -0.490 e. The number of nitro groups is 1. The predicted octanol–water partition coefficient (Wildman–Crippen LogP) is 0.236. The van der Waals surface area contributed by atoms with E-state index >= 15 is 0 Å². The van der Waals surface area contributed by atoms with Gasteiger partial charge in [0.05, 0.1) is 17.7 Å². The van der Waals surface area contributed by atoms with Gasteiger partial charge in [0.1, 0.15) is 0 Å². The molecule has 0 radical (unpaired) electrons. The number of anilines is 1. The van der Waals surface area contributed by atoms with Gasteiger partial charge in [-0.1, -0.05) is 0 Å². The number of methoxy groups -OCH3 is 1. The quantitative estimate of drug-likeness (QED) is 0.262. The summed E-state index contributed by atoms with van der Waals surface area (Å²) in [5.41, 5.74) is 2.84. The molecule has 0 aromatic heterocycles. The number of nitro benzene ring substituents is 1. The third kappa shape index (κ3) is 6.59. The van der Waals surface area contributed by atoms with E-state index in [0.717, 1.165) is 0 Å². The van der Waals surface area contributed by atoms with Gasteiger partial charge in [0.25, 0.3) is 0 Å². The standard InChI is InChI=1S/C7H9N3O3.H2O4S/c1-13-7-4-5(9-8)2-3-6(7)10(11)12;1-5(2,3)4/h2-4,9H,8H2,1H3;(H2,1,2,3,4). The number of hydrazine groups is 1. The maximum absolute atomic E-state index is 10.5. The number of nitrogens with zero attached hydrogens (tertiary/aromatic N) is 1. The third-order valence-electron chi connectivity index (χ3n) is 1.54. The van der Waals surface area contributed by atoms with E-state index in [2.05, 4.69) is 5.43 Å². The lowest BCUT2D eigenvalue weighted by Crippen LogP contribution is -2.06. The number of nitrogen functional groups attached to an aromatic ring is 1. The van der Waals surface area contributed by atoms with Crippen LogP contribution < -0.4 is 16.0 Å². The minimum atomic E-state index is -4.67. The Balaban J connectivity index is 0.000000494. The average molecular weight is 281 g/mol. The fourth-order valence-electron chi connectivity index (χ4n) is 0.918. The van der Waals surface area contributed by atoms with Crippen LogP contribution in [0.15, 0.2) is 18.2 Å². The molecule has 0 aliphatic rings. The van der Waals surface area contributed by atoms with Crippen LogP contribution >= 0.6 is 0 Å². The molecule has 10 nitrogen and oxygen atoms in total. The predicted molar refractivity (Wildman–Crippen MR) is 61.6 cm³/mol. The monoisotopic (exact) mass is 281 g/mol. The molecule has 0 aliphatic heterocycles. The molecule has 18 heavy (non-hydrogen) atoms. The van der Waals surface area contributed by atoms with Crippen LogP contribution in [-0.4, -0.2) is 29.6 Å². The van der Waals surface area contributed by atoms with Gasteiger partial charge in [-0.2, -0.15) is 8.42 Å².